The molecule has 0 aromatic heterocycles. The Morgan fingerprint density at radius 1 is 0.955 bits per heavy atom. The molecule has 4 atom stereocenters. The lowest BCUT2D eigenvalue weighted by Crippen LogP contribution is -2.58. The second-order valence-corrected chi connectivity index (χ2v) is 11.3. The van der Waals surface area contributed by atoms with Crippen molar-refractivity contribution in [3.05, 3.63) is 11.8 Å². The number of rotatable bonds is 10. The van der Waals surface area contributed by atoms with E-state index in [0.29, 0.717) is 0 Å². The number of aliphatic imine (C=N–C) groups is 1. The number of carbonyl (C=O) groups excluding carboxylic acids is 5. The first-order chi connectivity index (χ1) is 20.4. The molecule has 0 saturated heterocycles. The minimum atomic E-state index is -1.18. The summed E-state index contributed by atoms with van der Waals surface area (Å²) in [5, 5.41) is 7.44. The number of nitrogens with two attached hydrogens (primary N) is 1. The Labute approximate surface area is 256 Å². The topological polar surface area (TPSA) is 224 Å². The SMILES string of the molecule is COC(=O)OCC[C@@H](OCCN)[C@@H]1OC(C(=O)OC)=C[C@H](N=C(NC(=O)OC(C)(C)C)NC(=O)OC(C)(C)C)[C@H]1NC(C)=O. The van der Waals surface area contributed by atoms with Gasteiger partial charge in [-0.2, -0.15) is 0 Å². The van der Waals surface area contributed by atoms with E-state index in [-0.39, 0.29) is 31.9 Å². The van der Waals surface area contributed by atoms with E-state index in [0.717, 1.165) is 14.2 Å². The molecule has 17 heteroatoms. The quantitative estimate of drug-likeness (QED) is 0.115. The van der Waals surface area contributed by atoms with Crippen molar-refractivity contribution in [2.24, 2.45) is 10.7 Å². The molecule has 17 nitrogen and oxygen atoms in total. The third-order valence-electron chi connectivity index (χ3n) is 5.19. The van der Waals surface area contributed by atoms with Crippen molar-refractivity contribution in [3.8, 4) is 0 Å². The number of hydrogen-bond donors (Lipinski definition) is 4. The Bertz CT molecular complexity index is 1050. The third kappa shape index (κ3) is 14.4. The van der Waals surface area contributed by atoms with Crippen LogP contribution in [-0.4, -0.2) is 106 Å². The number of carbonyl (C=O) groups is 5. The van der Waals surface area contributed by atoms with Gasteiger partial charge in [-0.25, -0.2) is 24.2 Å². The predicted octanol–water partition coefficient (Wildman–Crippen LogP) is 1.24. The third-order valence-corrected chi connectivity index (χ3v) is 5.19. The number of methoxy groups -OCH3 is 2. The van der Waals surface area contributed by atoms with Gasteiger partial charge in [0.2, 0.25) is 17.6 Å². The van der Waals surface area contributed by atoms with Gasteiger partial charge in [-0.05, 0) is 47.6 Å². The minimum Gasteiger partial charge on any atom is -0.478 e. The van der Waals surface area contributed by atoms with Crippen LogP contribution in [0.3, 0.4) is 0 Å². The molecule has 0 aromatic carbocycles. The summed E-state index contributed by atoms with van der Waals surface area (Å²) in [6.45, 7) is 11.0. The Morgan fingerprint density at radius 2 is 1.52 bits per heavy atom. The van der Waals surface area contributed by atoms with Crippen LogP contribution in [0, 0.1) is 0 Å². The van der Waals surface area contributed by atoms with Gasteiger partial charge in [0.1, 0.15) is 17.3 Å². The van der Waals surface area contributed by atoms with Gasteiger partial charge in [0.25, 0.3) is 0 Å². The van der Waals surface area contributed by atoms with E-state index in [1.807, 2.05) is 0 Å². The number of guanidine groups is 1. The molecule has 250 valence electrons. The maximum atomic E-state index is 12.7. The lowest BCUT2D eigenvalue weighted by molar-refractivity contribution is -0.146. The Kier molecular flexibility index (Phi) is 14.9. The molecular weight excluding hydrogens is 586 g/mol. The van der Waals surface area contributed by atoms with Gasteiger partial charge in [-0.1, -0.05) is 0 Å². The molecule has 0 fully saturated rings. The van der Waals surface area contributed by atoms with Crippen LogP contribution in [0.4, 0.5) is 14.4 Å². The number of alkyl carbamates (subject to hydrolysis) is 2. The fourth-order valence-electron chi connectivity index (χ4n) is 3.68. The molecule has 0 saturated carbocycles. The smallest absolute Gasteiger partial charge is 0.478 e. The summed E-state index contributed by atoms with van der Waals surface area (Å²) in [4.78, 5) is 66.3. The molecule has 1 aliphatic heterocycles. The summed E-state index contributed by atoms with van der Waals surface area (Å²) in [5.41, 5.74) is 3.84. The summed E-state index contributed by atoms with van der Waals surface area (Å²) in [5.74, 6) is -2.13. The first kappa shape index (κ1) is 37.9. The highest BCUT2D eigenvalue weighted by atomic mass is 16.7. The second kappa shape index (κ2) is 17.2. The fraction of sp³-hybridized carbons (Fsp3) is 0.704. The summed E-state index contributed by atoms with van der Waals surface area (Å²) < 4.78 is 36.7. The van der Waals surface area contributed by atoms with Crippen molar-refractivity contribution in [2.75, 3.05) is 34.0 Å². The number of ether oxygens (including phenoxy) is 7. The van der Waals surface area contributed by atoms with E-state index in [9.17, 15) is 24.0 Å². The molecule has 0 aromatic rings. The number of nitrogens with one attached hydrogen (secondary N) is 3. The Hall–Kier alpha value is -4.12. The summed E-state index contributed by atoms with van der Waals surface area (Å²) >= 11 is 0. The van der Waals surface area contributed by atoms with Crippen molar-refractivity contribution in [3.63, 3.8) is 0 Å². The molecule has 5 N–H and O–H groups in total. The molecule has 0 radical (unpaired) electrons. The number of amides is 3. The van der Waals surface area contributed by atoms with E-state index in [1.165, 1.54) is 13.0 Å². The maximum absolute atomic E-state index is 12.7. The van der Waals surface area contributed by atoms with Gasteiger partial charge >= 0.3 is 24.3 Å². The lowest BCUT2D eigenvalue weighted by Gasteiger charge is -2.39. The van der Waals surface area contributed by atoms with Crippen LogP contribution in [0.5, 0.6) is 0 Å². The summed E-state index contributed by atoms with van der Waals surface area (Å²) in [7, 11) is 2.28. The highest BCUT2D eigenvalue weighted by molar-refractivity contribution is 6.01. The van der Waals surface area contributed by atoms with Crippen LogP contribution in [0.25, 0.3) is 0 Å². The molecular formula is C27H45N5O12. The van der Waals surface area contributed by atoms with Crippen LogP contribution in [0.1, 0.15) is 54.9 Å². The van der Waals surface area contributed by atoms with Crippen molar-refractivity contribution >= 4 is 36.2 Å². The highest BCUT2D eigenvalue weighted by Crippen LogP contribution is 2.27. The van der Waals surface area contributed by atoms with Crippen molar-refractivity contribution in [2.45, 2.75) is 90.4 Å². The highest BCUT2D eigenvalue weighted by Gasteiger charge is 2.43. The van der Waals surface area contributed by atoms with Crippen LogP contribution in [0.15, 0.2) is 16.8 Å². The van der Waals surface area contributed by atoms with Gasteiger partial charge in [0.05, 0.1) is 45.6 Å². The van der Waals surface area contributed by atoms with Crippen LogP contribution in [0.2, 0.25) is 0 Å². The van der Waals surface area contributed by atoms with Crippen LogP contribution < -0.4 is 21.7 Å². The zero-order chi connectivity index (χ0) is 33.7. The van der Waals surface area contributed by atoms with E-state index in [1.54, 1.807) is 41.5 Å². The molecule has 1 rings (SSSR count). The van der Waals surface area contributed by atoms with Crippen molar-refractivity contribution in [1.29, 1.82) is 0 Å². The van der Waals surface area contributed by atoms with E-state index in [2.05, 4.69) is 25.7 Å². The minimum absolute atomic E-state index is 0.0138. The maximum Gasteiger partial charge on any atom is 0.507 e. The largest absolute Gasteiger partial charge is 0.507 e. The summed E-state index contributed by atoms with van der Waals surface area (Å²) in [6, 6.07) is -2.25. The molecule has 3 amide bonds. The predicted molar refractivity (Wildman–Crippen MR) is 154 cm³/mol. The number of hydrogen-bond acceptors (Lipinski definition) is 14. The first-order valence-corrected chi connectivity index (χ1v) is 13.7. The Morgan fingerprint density at radius 3 is 1.98 bits per heavy atom. The lowest BCUT2D eigenvalue weighted by atomic mass is 9.93. The van der Waals surface area contributed by atoms with E-state index in [4.69, 9.17) is 34.2 Å². The molecule has 0 aliphatic carbocycles. The average Bonchev–Trinajstić information content (AvgIpc) is 2.88. The van der Waals surface area contributed by atoms with Crippen molar-refractivity contribution < 1.29 is 57.1 Å². The zero-order valence-corrected chi connectivity index (χ0v) is 26.6. The summed E-state index contributed by atoms with van der Waals surface area (Å²) in [6.07, 6.45) is -3.70. The second-order valence-electron chi connectivity index (χ2n) is 11.3. The van der Waals surface area contributed by atoms with E-state index >= 15 is 0 Å². The van der Waals surface area contributed by atoms with Gasteiger partial charge in [-0.3, -0.25) is 15.4 Å². The van der Waals surface area contributed by atoms with E-state index < -0.39 is 71.7 Å². The average molecular weight is 632 g/mol. The molecule has 0 bridgehead atoms. The van der Waals surface area contributed by atoms with Gasteiger partial charge in [0.15, 0.2) is 0 Å². The van der Waals surface area contributed by atoms with Gasteiger partial charge in [-0.15, -0.1) is 0 Å². The van der Waals surface area contributed by atoms with Crippen molar-refractivity contribution in [1.82, 2.24) is 16.0 Å². The van der Waals surface area contributed by atoms with Crippen LogP contribution in [-0.2, 0) is 42.7 Å². The van der Waals surface area contributed by atoms with Crippen LogP contribution >= 0.6 is 0 Å². The molecule has 1 heterocycles. The number of nitrogens with zero attached hydrogens (tertiary/aromatic N) is 1. The van der Waals surface area contributed by atoms with Gasteiger partial charge < -0.3 is 44.2 Å². The molecule has 0 spiro atoms. The normalized spacial score (nSPS) is 18.7. The molecule has 0 unspecified atom stereocenters. The zero-order valence-electron chi connectivity index (χ0n) is 26.6. The molecule has 1 aliphatic rings. The number of esters is 1. The van der Waals surface area contributed by atoms with Gasteiger partial charge in [0, 0.05) is 19.9 Å². The monoisotopic (exact) mass is 631 g/mol. The Balaban J connectivity index is 3.68. The fourth-order valence-corrected chi connectivity index (χ4v) is 3.68. The molecule has 44 heavy (non-hydrogen) atoms. The first-order valence-electron chi connectivity index (χ1n) is 13.7. The standard InChI is InChI=1S/C27H45N5O12/c1-15(33)29-19-16(30-22(31-23(35)43-26(2,3)4)32-24(36)44-27(5,6)7)14-18(21(34)38-8)42-20(19)17(40-13-11-28)10-12-41-25(37)39-9/h14,16-17,19-20H,10-13,28H2,1-9H3,(H,29,33)(H2,30,31,32,35,36)/t16-,17+,19+,20-/m0/s1.